The van der Waals surface area contributed by atoms with Gasteiger partial charge in [-0.25, -0.2) is 0 Å². The molecule has 0 spiro atoms. The standard InChI is InChI=1S/C50H38N2/c1-33-29-35(37-23-27-49-45(31-37)43-17-9-11-19-47(43)51(49)39-13-5-3-6-14-39)21-25-41(33)42-26-22-36(30-34(42)2)38-24-28-50-46(32-38)44-18-10-12-20-48(44)52(50)40-15-7-4-8-16-40/h3-21,23-25,27-32H,22,26H2,1-2H3. The number of aryl methyl sites for hydroxylation is 1. The highest BCUT2D eigenvalue weighted by molar-refractivity contribution is 6.11. The molecule has 10 rings (SSSR count). The molecule has 0 saturated heterocycles. The van der Waals surface area contributed by atoms with E-state index in [4.69, 9.17) is 0 Å². The summed E-state index contributed by atoms with van der Waals surface area (Å²) in [5.74, 6) is 0. The molecule has 2 nitrogen and oxygen atoms in total. The highest BCUT2D eigenvalue weighted by atomic mass is 15.0. The molecular formula is C50H38N2. The van der Waals surface area contributed by atoms with Gasteiger partial charge >= 0.3 is 0 Å². The first-order valence-electron chi connectivity index (χ1n) is 18.3. The Kier molecular flexibility index (Phi) is 7.11. The molecule has 2 aromatic heterocycles. The summed E-state index contributed by atoms with van der Waals surface area (Å²) in [6, 6.07) is 59.9. The summed E-state index contributed by atoms with van der Waals surface area (Å²) in [6.07, 6.45) is 4.49. The maximum Gasteiger partial charge on any atom is 0.0541 e. The number of fused-ring (bicyclic) bond motifs is 6. The van der Waals surface area contributed by atoms with Crippen LogP contribution >= 0.6 is 0 Å². The third kappa shape index (κ3) is 4.86. The number of para-hydroxylation sites is 4. The molecule has 0 atom stereocenters. The predicted molar refractivity (Wildman–Crippen MR) is 222 cm³/mol. The molecule has 9 aromatic rings. The van der Waals surface area contributed by atoms with Gasteiger partial charge in [0.1, 0.15) is 0 Å². The average Bonchev–Trinajstić information content (AvgIpc) is 3.71. The molecular weight excluding hydrogens is 629 g/mol. The molecule has 0 aliphatic heterocycles. The lowest BCUT2D eigenvalue weighted by Gasteiger charge is -2.21. The largest absolute Gasteiger partial charge is 0.309 e. The number of hydrogen-bond acceptors (Lipinski definition) is 0. The van der Waals surface area contributed by atoms with Gasteiger partial charge in [-0.1, -0.05) is 109 Å². The van der Waals surface area contributed by atoms with E-state index in [2.05, 4.69) is 193 Å². The molecule has 0 N–H and O–H groups in total. The highest BCUT2D eigenvalue weighted by Gasteiger charge is 2.19. The molecule has 248 valence electrons. The number of benzene rings is 7. The van der Waals surface area contributed by atoms with E-state index in [9.17, 15) is 0 Å². The van der Waals surface area contributed by atoms with Gasteiger partial charge in [0.2, 0.25) is 0 Å². The lowest BCUT2D eigenvalue weighted by molar-refractivity contribution is 1.05. The summed E-state index contributed by atoms with van der Waals surface area (Å²) in [6.45, 7) is 4.56. The fraction of sp³-hybridized carbons (Fsp3) is 0.0800. The summed E-state index contributed by atoms with van der Waals surface area (Å²) in [4.78, 5) is 0. The van der Waals surface area contributed by atoms with Crippen LogP contribution in [0, 0.1) is 6.92 Å². The predicted octanol–water partition coefficient (Wildman–Crippen LogP) is 13.5. The van der Waals surface area contributed by atoms with Crippen molar-refractivity contribution in [2.75, 3.05) is 0 Å². The van der Waals surface area contributed by atoms with E-state index in [1.165, 1.54) is 99.5 Å². The lowest BCUT2D eigenvalue weighted by atomic mass is 9.84. The van der Waals surface area contributed by atoms with Gasteiger partial charge in [0, 0.05) is 32.9 Å². The van der Waals surface area contributed by atoms with E-state index in [0.29, 0.717) is 0 Å². The van der Waals surface area contributed by atoms with Crippen LogP contribution in [0.3, 0.4) is 0 Å². The molecule has 2 heterocycles. The van der Waals surface area contributed by atoms with Crippen LogP contribution in [0.4, 0.5) is 0 Å². The number of hydrogen-bond donors (Lipinski definition) is 0. The van der Waals surface area contributed by atoms with E-state index in [-0.39, 0.29) is 0 Å². The Morgan fingerprint density at radius 1 is 0.404 bits per heavy atom. The van der Waals surface area contributed by atoms with Crippen molar-refractivity contribution >= 4 is 54.8 Å². The van der Waals surface area contributed by atoms with Gasteiger partial charge < -0.3 is 9.13 Å². The van der Waals surface area contributed by atoms with E-state index in [0.717, 1.165) is 12.8 Å². The molecule has 0 saturated carbocycles. The zero-order chi connectivity index (χ0) is 34.8. The normalized spacial score (nSPS) is 13.5. The highest BCUT2D eigenvalue weighted by Crippen LogP contribution is 2.41. The summed E-state index contributed by atoms with van der Waals surface area (Å²) in [7, 11) is 0. The summed E-state index contributed by atoms with van der Waals surface area (Å²) in [5.41, 5.74) is 18.1. The van der Waals surface area contributed by atoms with Crippen molar-refractivity contribution in [2.24, 2.45) is 0 Å². The minimum absolute atomic E-state index is 1.03. The molecule has 0 bridgehead atoms. The Morgan fingerprint density at radius 2 is 0.885 bits per heavy atom. The molecule has 0 amide bonds. The van der Waals surface area contributed by atoms with E-state index < -0.39 is 0 Å². The number of allylic oxidation sites excluding steroid dienone is 4. The molecule has 2 heteroatoms. The van der Waals surface area contributed by atoms with Crippen LogP contribution in [0.25, 0.3) is 77.3 Å². The number of nitrogens with zero attached hydrogens (tertiary/aromatic N) is 2. The Balaban J connectivity index is 0.997. The Morgan fingerprint density at radius 3 is 1.46 bits per heavy atom. The first kappa shape index (κ1) is 30.4. The van der Waals surface area contributed by atoms with E-state index in [1.807, 2.05) is 0 Å². The van der Waals surface area contributed by atoms with E-state index in [1.54, 1.807) is 0 Å². The molecule has 1 aliphatic carbocycles. The van der Waals surface area contributed by atoms with Crippen LogP contribution in [0.2, 0.25) is 0 Å². The van der Waals surface area contributed by atoms with Crippen LogP contribution in [0.5, 0.6) is 0 Å². The average molecular weight is 667 g/mol. The maximum atomic E-state index is 2.43. The molecule has 0 fully saturated rings. The quantitative estimate of drug-likeness (QED) is 0.173. The van der Waals surface area contributed by atoms with Crippen molar-refractivity contribution in [1.82, 2.24) is 9.13 Å². The second-order valence-electron chi connectivity index (χ2n) is 14.2. The minimum atomic E-state index is 1.03. The van der Waals surface area contributed by atoms with Crippen LogP contribution in [0.15, 0.2) is 175 Å². The van der Waals surface area contributed by atoms with Crippen molar-refractivity contribution in [3.05, 3.63) is 192 Å². The van der Waals surface area contributed by atoms with Gasteiger partial charge in [-0.05, 0) is 132 Å². The second kappa shape index (κ2) is 12.1. The van der Waals surface area contributed by atoms with Crippen molar-refractivity contribution in [2.45, 2.75) is 26.7 Å². The summed E-state index contributed by atoms with van der Waals surface area (Å²) in [5, 5.41) is 5.16. The fourth-order valence-corrected chi connectivity index (χ4v) is 8.67. The molecule has 0 unspecified atom stereocenters. The van der Waals surface area contributed by atoms with Crippen molar-refractivity contribution in [3.8, 4) is 22.5 Å². The van der Waals surface area contributed by atoms with Crippen LogP contribution in [-0.2, 0) is 0 Å². The van der Waals surface area contributed by atoms with Gasteiger partial charge in [-0.3, -0.25) is 0 Å². The Labute approximate surface area is 304 Å². The molecule has 7 aromatic carbocycles. The molecule has 52 heavy (non-hydrogen) atoms. The molecule has 1 aliphatic rings. The maximum absolute atomic E-state index is 2.43. The first-order valence-corrected chi connectivity index (χ1v) is 18.3. The zero-order valence-corrected chi connectivity index (χ0v) is 29.5. The molecule has 0 radical (unpaired) electrons. The Hall–Kier alpha value is -6.38. The van der Waals surface area contributed by atoms with Crippen LogP contribution in [-0.4, -0.2) is 9.13 Å². The van der Waals surface area contributed by atoms with Crippen LogP contribution < -0.4 is 0 Å². The van der Waals surface area contributed by atoms with Gasteiger partial charge in [-0.2, -0.15) is 0 Å². The summed E-state index contributed by atoms with van der Waals surface area (Å²) < 4.78 is 4.77. The van der Waals surface area contributed by atoms with Crippen molar-refractivity contribution < 1.29 is 0 Å². The monoisotopic (exact) mass is 666 g/mol. The van der Waals surface area contributed by atoms with E-state index >= 15 is 0 Å². The Bertz CT molecular complexity index is 2900. The third-order valence-corrected chi connectivity index (χ3v) is 11.1. The van der Waals surface area contributed by atoms with Gasteiger partial charge in [-0.15, -0.1) is 0 Å². The minimum Gasteiger partial charge on any atom is -0.309 e. The smallest absolute Gasteiger partial charge is 0.0541 e. The summed E-state index contributed by atoms with van der Waals surface area (Å²) >= 11 is 0. The van der Waals surface area contributed by atoms with Crippen molar-refractivity contribution in [3.63, 3.8) is 0 Å². The van der Waals surface area contributed by atoms with Crippen LogP contribution in [0.1, 0.15) is 36.5 Å². The van der Waals surface area contributed by atoms with Gasteiger partial charge in [0.15, 0.2) is 0 Å². The van der Waals surface area contributed by atoms with Gasteiger partial charge in [0.25, 0.3) is 0 Å². The topological polar surface area (TPSA) is 9.86 Å². The van der Waals surface area contributed by atoms with Gasteiger partial charge in [0.05, 0.1) is 22.1 Å². The SMILES string of the molecule is CC1=C(c2ccc(-c3ccc4c(c3)c3ccccc3n4-c3ccccc3)cc2C)CCC(c2ccc3c(c2)c2ccccc2n3-c2ccccc2)=C1. The number of rotatable bonds is 5. The van der Waals surface area contributed by atoms with Crippen molar-refractivity contribution in [1.29, 1.82) is 0 Å². The second-order valence-corrected chi connectivity index (χ2v) is 14.2. The first-order chi connectivity index (χ1) is 25.6. The zero-order valence-electron chi connectivity index (χ0n) is 29.5. The lowest BCUT2D eigenvalue weighted by Crippen LogP contribution is -2.00. The third-order valence-electron chi connectivity index (χ3n) is 11.1. The fourth-order valence-electron chi connectivity index (χ4n) is 8.67. The number of aromatic nitrogens is 2.